The number of carbonyl (C=O) groups is 2. The number of benzene rings is 2. The van der Waals surface area contributed by atoms with Crippen LogP contribution >= 0.6 is 0 Å². The number of likely N-dealkylation sites (tertiary alicyclic amines) is 1. The fourth-order valence-electron chi connectivity index (χ4n) is 4.59. The molecule has 1 aliphatic rings. The highest BCUT2D eigenvalue weighted by molar-refractivity contribution is 6.05. The number of hydrogen-bond donors (Lipinski definition) is 1. The molecule has 1 N–H and O–H groups in total. The predicted octanol–water partition coefficient (Wildman–Crippen LogP) is 4.93. The normalized spacial score (nSPS) is 14.4. The van der Waals surface area contributed by atoms with E-state index in [0.29, 0.717) is 60.3 Å². The zero-order valence-electron chi connectivity index (χ0n) is 19.9. The van der Waals surface area contributed by atoms with Crippen molar-refractivity contribution in [3.8, 4) is 11.3 Å². The molecule has 0 bridgehead atoms. The van der Waals surface area contributed by atoms with E-state index in [1.54, 1.807) is 30.0 Å². The molecule has 0 radical (unpaired) electrons. The van der Waals surface area contributed by atoms with Crippen LogP contribution in [-0.4, -0.2) is 36.3 Å². The number of fused-ring (bicyclic) bond motifs is 1. The number of para-hydroxylation sites is 1. The Labute approximate surface area is 200 Å². The maximum absolute atomic E-state index is 13.4. The van der Waals surface area contributed by atoms with E-state index in [2.05, 4.69) is 12.2 Å². The topological polar surface area (TPSA) is 79.6 Å². The molecule has 0 aliphatic carbocycles. The molecule has 0 atom stereocenters. The predicted molar refractivity (Wildman–Crippen MR) is 134 cm³/mol. The molecule has 1 saturated heterocycles. The Bertz CT molecular complexity index is 1220. The van der Waals surface area contributed by atoms with E-state index >= 15 is 0 Å². The van der Waals surface area contributed by atoms with Gasteiger partial charge in [0.05, 0.1) is 10.9 Å². The van der Waals surface area contributed by atoms with Crippen molar-refractivity contribution in [3.05, 3.63) is 69.9 Å². The molecule has 2 aromatic carbocycles. The lowest BCUT2D eigenvalue weighted by molar-refractivity contribution is -0.126. The second-order valence-electron chi connectivity index (χ2n) is 9.00. The largest absolute Gasteiger partial charge is 0.455 e. The van der Waals surface area contributed by atoms with Gasteiger partial charge in [0.1, 0.15) is 5.76 Å². The molecular weight excluding hydrogens is 428 g/mol. The van der Waals surface area contributed by atoms with Gasteiger partial charge in [-0.1, -0.05) is 56.2 Å². The Morgan fingerprint density at radius 2 is 1.76 bits per heavy atom. The maximum atomic E-state index is 13.4. The van der Waals surface area contributed by atoms with E-state index in [-0.39, 0.29) is 23.2 Å². The first kappa shape index (κ1) is 23.7. The Hall–Kier alpha value is -3.41. The molecule has 1 fully saturated rings. The quantitative estimate of drug-likeness (QED) is 0.507. The minimum atomic E-state index is -0.168. The summed E-state index contributed by atoms with van der Waals surface area (Å²) in [4.78, 5) is 40.8. The standard InChI is InChI=1S/C28H32N2O4/c1-3-4-8-16-29-27(32)21-14-17-30(18-15-21)28(33)23-13-9-12-22-24(31)19(2)25(34-26(22)23)20-10-6-5-7-11-20/h5-7,9-13,21H,3-4,8,14-18H2,1-2H3,(H,29,32). The van der Waals surface area contributed by atoms with Gasteiger partial charge in [-0.15, -0.1) is 0 Å². The first-order valence-electron chi connectivity index (χ1n) is 12.2. The number of hydrogen-bond acceptors (Lipinski definition) is 4. The summed E-state index contributed by atoms with van der Waals surface area (Å²) in [6.45, 7) is 5.61. The number of nitrogens with zero attached hydrogens (tertiary/aromatic N) is 1. The molecule has 0 saturated carbocycles. The molecule has 6 heteroatoms. The first-order chi connectivity index (χ1) is 16.5. The maximum Gasteiger partial charge on any atom is 0.257 e. The lowest BCUT2D eigenvalue weighted by Gasteiger charge is -2.31. The Balaban J connectivity index is 1.54. The fourth-order valence-corrected chi connectivity index (χ4v) is 4.59. The minimum absolute atomic E-state index is 0.0662. The van der Waals surface area contributed by atoms with Crippen molar-refractivity contribution in [2.75, 3.05) is 19.6 Å². The summed E-state index contributed by atoms with van der Waals surface area (Å²) in [5.41, 5.74) is 1.89. The van der Waals surface area contributed by atoms with Crippen molar-refractivity contribution in [1.29, 1.82) is 0 Å². The van der Waals surface area contributed by atoms with Crippen molar-refractivity contribution in [3.63, 3.8) is 0 Å². The number of nitrogens with one attached hydrogen (secondary N) is 1. The van der Waals surface area contributed by atoms with E-state index in [0.717, 1.165) is 24.8 Å². The molecule has 0 unspecified atom stereocenters. The van der Waals surface area contributed by atoms with E-state index in [1.807, 2.05) is 30.3 Å². The lowest BCUT2D eigenvalue weighted by Crippen LogP contribution is -2.43. The van der Waals surface area contributed by atoms with Gasteiger partial charge in [-0.2, -0.15) is 0 Å². The van der Waals surface area contributed by atoms with E-state index in [1.165, 1.54) is 0 Å². The zero-order chi connectivity index (χ0) is 24.1. The highest BCUT2D eigenvalue weighted by atomic mass is 16.3. The van der Waals surface area contributed by atoms with Crippen LogP contribution in [0.4, 0.5) is 0 Å². The number of amides is 2. The van der Waals surface area contributed by atoms with Gasteiger partial charge in [0.2, 0.25) is 5.91 Å². The highest BCUT2D eigenvalue weighted by Crippen LogP contribution is 2.28. The van der Waals surface area contributed by atoms with Gasteiger partial charge < -0.3 is 14.6 Å². The second kappa shape index (κ2) is 10.7. The molecule has 2 heterocycles. The summed E-state index contributed by atoms with van der Waals surface area (Å²) >= 11 is 0. The van der Waals surface area contributed by atoms with Crippen LogP contribution in [0, 0.1) is 12.8 Å². The molecule has 0 spiro atoms. The third-order valence-electron chi connectivity index (χ3n) is 6.64. The van der Waals surface area contributed by atoms with Crippen molar-refractivity contribution in [2.45, 2.75) is 46.0 Å². The van der Waals surface area contributed by atoms with Crippen LogP contribution in [0.1, 0.15) is 54.9 Å². The van der Waals surface area contributed by atoms with Gasteiger partial charge in [0, 0.05) is 36.7 Å². The Morgan fingerprint density at radius 3 is 2.47 bits per heavy atom. The smallest absolute Gasteiger partial charge is 0.257 e. The zero-order valence-corrected chi connectivity index (χ0v) is 19.9. The van der Waals surface area contributed by atoms with E-state index < -0.39 is 0 Å². The molecule has 4 rings (SSSR count). The van der Waals surface area contributed by atoms with Crippen molar-refractivity contribution >= 4 is 22.8 Å². The molecule has 34 heavy (non-hydrogen) atoms. The summed E-state index contributed by atoms with van der Waals surface area (Å²) in [6.07, 6.45) is 4.50. The van der Waals surface area contributed by atoms with Crippen LogP contribution in [0.15, 0.2) is 57.7 Å². The van der Waals surface area contributed by atoms with E-state index in [4.69, 9.17) is 4.42 Å². The Morgan fingerprint density at radius 1 is 1.03 bits per heavy atom. The van der Waals surface area contributed by atoms with Gasteiger partial charge >= 0.3 is 0 Å². The monoisotopic (exact) mass is 460 g/mol. The van der Waals surface area contributed by atoms with Gasteiger partial charge in [0.25, 0.3) is 5.91 Å². The van der Waals surface area contributed by atoms with Gasteiger partial charge in [-0.05, 0) is 38.3 Å². The van der Waals surface area contributed by atoms with Gasteiger partial charge in [-0.25, -0.2) is 0 Å². The van der Waals surface area contributed by atoms with Gasteiger partial charge in [-0.3, -0.25) is 14.4 Å². The van der Waals surface area contributed by atoms with Crippen molar-refractivity contribution in [1.82, 2.24) is 10.2 Å². The SMILES string of the molecule is CCCCCNC(=O)C1CCN(C(=O)c2cccc3c(=O)c(C)c(-c4ccccc4)oc23)CC1. The van der Waals surface area contributed by atoms with Crippen molar-refractivity contribution < 1.29 is 14.0 Å². The molecule has 2 amide bonds. The molecule has 1 aliphatic heterocycles. The molecule has 178 valence electrons. The third kappa shape index (κ3) is 4.91. The van der Waals surface area contributed by atoms with Crippen LogP contribution in [0.5, 0.6) is 0 Å². The average Bonchev–Trinajstić information content (AvgIpc) is 2.88. The van der Waals surface area contributed by atoms with Crippen LogP contribution in [0.25, 0.3) is 22.3 Å². The summed E-state index contributed by atoms with van der Waals surface area (Å²) < 4.78 is 6.21. The lowest BCUT2D eigenvalue weighted by atomic mass is 9.95. The summed E-state index contributed by atoms with van der Waals surface area (Å²) in [6, 6.07) is 14.6. The summed E-state index contributed by atoms with van der Waals surface area (Å²) in [7, 11) is 0. The first-order valence-corrected chi connectivity index (χ1v) is 12.2. The fraction of sp³-hybridized carbons (Fsp3) is 0.393. The molecule has 6 nitrogen and oxygen atoms in total. The molecular formula is C28H32N2O4. The van der Waals surface area contributed by atoms with Gasteiger partial charge in [0.15, 0.2) is 11.0 Å². The highest BCUT2D eigenvalue weighted by Gasteiger charge is 2.29. The molecule has 3 aromatic rings. The van der Waals surface area contributed by atoms with Crippen LogP contribution < -0.4 is 10.7 Å². The van der Waals surface area contributed by atoms with Crippen LogP contribution in [0.3, 0.4) is 0 Å². The summed E-state index contributed by atoms with van der Waals surface area (Å²) in [5, 5.41) is 3.44. The number of carbonyl (C=O) groups excluding carboxylic acids is 2. The van der Waals surface area contributed by atoms with Crippen molar-refractivity contribution in [2.24, 2.45) is 5.92 Å². The molecule has 1 aromatic heterocycles. The van der Waals surface area contributed by atoms with Crippen LogP contribution in [0.2, 0.25) is 0 Å². The third-order valence-corrected chi connectivity index (χ3v) is 6.64. The van der Waals surface area contributed by atoms with E-state index in [9.17, 15) is 14.4 Å². The second-order valence-corrected chi connectivity index (χ2v) is 9.00. The minimum Gasteiger partial charge on any atom is -0.455 e. The Kier molecular flexibility index (Phi) is 7.46. The average molecular weight is 461 g/mol. The summed E-state index contributed by atoms with van der Waals surface area (Å²) in [5.74, 6) is 0.334. The van der Waals surface area contributed by atoms with Crippen LogP contribution in [-0.2, 0) is 4.79 Å². The number of rotatable bonds is 7. The number of unbranched alkanes of at least 4 members (excludes halogenated alkanes) is 2. The number of piperidine rings is 1.